The Kier molecular flexibility index (Phi) is 5.16. The molecule has 3 nitrogen and oxygen atoms in total. The third kappa shape index (κ3) is 5.00. The van der Waals surface area contributed by atoms with Crippen molar-refractivity contribution in [3.05, 3.63) is 29.3 Å². The van der Waals surface area contributed by atoms with Crippen LogP contribution in [0, 0.1) is 19.8 Å². The standard InChI is InChI=1S/C14H22N2O/c1-10(2)8-15-9-14(17)16-13-6-5-11(3)7-12(13)4/h5-7,10,15H,8-9H2,1-4H3,(H,16,17). The molecule has 0 atom stereocenters. The third-order valence-corrected chi connectivity index (χ3v) is 2.49. The summed E-state index contributed by atoms with van der Waals surface area (Å²) in [4.78, 5) is 11.7. The molecule has 0 radical (unpaired) electrons. The average Bonchev–Trinajstić information content (AvgIpc) is 2.21. The van der Waals surface area contributed by atoms with Crippen LogP contribution >= 0.6 is 0 Å². The van der Waals surface area contributed by atoms with E-state index >= 15 is 0 Å². The highest BCUT2D eigenvalue weighted by Crippen LogP contribution is 2.15. The second-order valence-corrected chi connectivity index (χ2v) is 4.89. The van der Waals surface area contributed by atoms with Gasteiger partial charge in [-0.25, -0.2) is 0 Å². The number of carbonyl (C=O) groups is 1. The lowest BCUT2D eigenvalue weighted by Crippen LogP contribution is -2.30. The molecule has 1 rings (SSSR count). The van der Waals surface area contributed by atoms with Crippen LogP contribution in [-0.2, 0) is 4.79 Å². The Labute approximate surface area is 104 Å². The van der Waals surface area contributed by atoms with Gasteiger partial charge in [-0.15, -0.1) is 0 Å². The molecule has 0 aliphatic carbocycles. The molecule has 0 heterocycles. The fourth-order valence-corrected chi connectivity index (χ4v) is 1.62. The first-order valence-corrected chi connectivity index (χ1v) is 6.07. The van der Waals surface area contributed by atoms with Crippen molar-refractivity contribution in [3.63, 3.8) is 0 Å². The summed E-state index contributed by atoms with van der Waals surface area (Å²) in [5.74, 6) is 0.571. The number of anilines is 1. The molecule has 0 spiro atoms. The predicted molar refractivity (Wildman–Crippen MR) is 72.3 cm³/mol. The third-order valence-electron chi connectivity index (χ3n) is 2.49. The Morgan fingerprint density at radius 3 is 2.59 bits per heavy atom. The van der Waals surface area contributed by atoms with E-state index in [1.54, 1.807) is 0 Å². The van der Waals surface area contributed by atoms with E-state index in [2.05, 4.69) is 30.5 Å². The zero-order chi connectivity index (χ0) is 12.8. The summed E-state index contributed by atoms with van der Waals surface area (Å²) in [7, 11) is 0. The van der Waals surface area contributed by atoms with Gasteiger partial charge in [-0.3, -0.25) is 4.79 Å². The predicted octanol–water partition coefficient (Wildman–Crippen LogP) is 2.49. The smallest absolute Gasteiger partial charge is 0.238 e. The normalized spacial score (nSPS) is 10.6. The van der Waals surface area contributed by atoms with Gasteiger partial charge < -0.3 is 10.6 Å². The molecule has 17 heavy (non-hydrogen) atoms. The van der Waals surface area contributed by atoms with Gasteiger partial charge in [-0.05, 0) is 37.9 Å². The van der Waals surface area contributed by atoms with Crippen LogP contribution in [0.25, 0.3) is 0 Å². The van der Waals surface area contributed by atoms with Crippen molar-refractivity contribution in [1.29, 1.82) is 0 Å². The maximum Gasteiger partial charge on any atom is 0.238 e. The molecule has 0 saturated carbocycles. The van der Waals surface area contributed by atoms with Gasteiger partial charge >= 0.3 is 0 Å². The van der Waals surface area contributed by atoms with Crippen LogP contribution in [0.15, 0.2) is 18.2 Å². The van der Waals surface area contributed by atoms with Crippen LogP contribution < -0.4 is 10.6 Å². The fraction of sp³-hybridized carbons (Fsp3) is 0.500. The molecule has 0 aromatic heterocycles. The number of nitrogens with one attached hydrogen (secondary N) is 2. The topological polar surface area (TPSA) is 41.1 Å². The first kappa shape index (κ1) is 13.7. The Bertz CT molecular complexity index is 386. The van der Waals surface area contributed by atoms with Crippen molar-refractivity contribution >= 4 is 11.6 Å². The summed E-state index contributed by atoms with van der Waals surface area (Å²) in [6, 6.07) is 6.02. The lowest BCUT2D eigenvalue weighted by molar-refractivity contribution is -0.115. The van der Waals surface area contributed by atoms with Gasteiger partial charge in [0, 0.05) is 5.69 Å². The summed E-state index contributed by atoms with van der Waals surface area (Å²) in [5, 5.41) is 6.03. The molecule has 1 aromatic carbocycles. The van der Waals surface area contributed by atoms with Crippen molar-refractivity contribution in [2.24, 2.45) is 5.92 Å². The molecule has 0 unspecified atom stereocenters. The number of benzene rings is 1. The molecule has 3 heteroatoms. The van der Waals surface area contributed by atoms with Crippen LogP contribution in [0.3, 0.4) is 0 Å². The van der Waals surface area contributed by atoms with Crippen molar-refractivity contribution in [2.45, 2.75) is 27.7 Å². The van der Waals surface area contributed by atoms with Crippen molar-refractivity contribution < 1.29 is 4.79 Å². The molecular formula is C14H22N2O. The Hall–Kier alpha value is -1.35. The van der Waals surface area contributed by atoms with E-state index in [1.807, 2.05) is 26.0 Å². The maximum absolute atomic E-state index is 11.7. The zero-order valence-electron chi connectivity index (χ0n) is 11.1. The number of rotatable bonds is 5. The van der Waals surface area contributed by atoms with Crippen LogP contribution in [-0.4, -0.2) is 19.0 Å². The average molecular weight is 234 g/mol. The molecule has 0 aliphatic heterocycles. The summed E-state index contributed by atoms with van der Waals surface area (Å²) in [6.45, 7) is 9.52. The highest BCUT2D eigenvalue weighted by Gasteiger charge is 2.04. The molecule has 1 aromatic rings. The molecule has 94 valence electrons. The van der Waals surface area contributed by atoms with E-state index in [9.17, 15) is 4.79 Å². The molecule has 1 amide bonds. The summed E-state index contributed by atoms with van der Waals surface area (Å²) >= 11 is 0. The van der Waals surface area contributed by atoms with Crippen molar-refractivity contribution in [3.8, 4) is 0 Å². The van der Waals surface area contributed by atoms with Gasteiger partial charge in [0.05, 0.1) is 6.54 Å². The molecule has 0 bridgehead atoms. The monoisotopic (exact) mass is 234 g/mol. The van der Waals surface area contributed by atoms with E-state index in [0.29, 0.717) is 12.5 Å². The van der Waals surface area contributed by atoms with Crippen LogP contribution in [0.5, 0.6) is 0 Å². The van der Waals surface area contributed by atoms with Gasteiger partial charge in [0.2, 0.25) is 5.91 Å². The van der Waals surface area contributed by atoms with E-state index in [-0.39, 0.29) is 5.91 Å². The lowest BCUT2D eigenvalue weighted by atomic mass is 10.1. The highest BCUT2D eigenvalue weighted by molar-refractivity contribution is 5.92. The molecular weight excluding hydrogens is 212 g/mol. The van der Waals surface area contributed by atoms with Crippen molar-refractivity contribution in [2.75, 3.05) is 18.4 Å². The number of hydrogen-bond donors (Lipinski definition) is 2. The van der Waals surface area contributed by atoms with Gasteiger partial charge in [0.25, 0.3) is 0 Å². The lowest BCUT2D eigenvalue weighted by Gasteiger charge is -2.10. The molecule has 0 aliphatic rings. The number of hydrogen-bond acceptors (Lipinski definition) is 2. The number of amides is 1. The molecule has 2 N–H and O–H groups in total. The molecule has 0 saturated heterocycles. The van der Waals surface area contributed by atoms with E-state index < -0.39 is 0 Å². The second kappa shape index (κ2) is 6.40. The first-order chi connectivity index (χ1) is 7.99. The van der Waals surface area contributed by atoms with Gasteiger partial charge in [-0.1, -0.05) is 31.5 Å². The van der Waals surface area contributed by atoms with Crippen LogP contribution in [0.2, 0.25) is 0 Å². The largest absolute Gasteiger partial charge is 0.325 e. The SMILES string of the molecule is Cc1ccc(NC(=O)CNCC(C)C)c(C)c1. The zero-order valence-corrected chi connectivity index (χ0v) is 11.1. The molecule has 0 fully saturated rings. The van der Waals surface area contributed by atoms with E-state index in [0.717, 1.165) is 17.8 Å². The van der Waals surface area contributed by atoms with Gasteiger partial charge in [0.15, 0.2) is 0 Å². The second-order valence-electron chi connectivity index (χ2n) is 4.89. The van der Waals surface area contributed by atoms with E-state index in [4.69, 9.17) is 0 Å². The number of carbonyl (C=O) groups excluding carboxylic acids is 1. The summed E-state index contributed by atoms with van der Waals surface area (Å²) in [6.07, 6.45) is 0. The highest BCUT2D eigenvalue weighted by atomic mass is 16.1. The Morgan fingerprint density at radius 2 is 2.00 bits per heavy atom. The van der Waals surface area contributed by atoms with E-state index in [1.165, 1.54) is 5.56 Å². The quantitative estimate of drug-likeness (QED) is 0.822. The minimum Gasteiger partial charge on any atom is -0.325 e. The Balaban J connectivity index is 2.45. The van der Waals surface area contributed by atoms with Gasteiger partial charge in [0.1, 0.15) is 0 Å². The minimum absolute atomic E-state index is 0.0117. The maximum atomic E-state index is 11.7. The fourth-order valence-electron chi connectivity index (χ4n) is 1.62. The number of aryl methyl sites for hydroxylation is 2. The first-order valence-electron chi connectivity index (χ1n) is 6.07. The van der Waals surface area contributed by atoms with Crippen LogP contribution in [0.4, 0.5) is 5.69 Å². The van der Waals surface area contributed by atoms with Crippen LogP contribution in [0.1, 0.15) is 25.0 Å². The minimum atomic E-state index is 0.0117. The summed E-state index contributed by atoms with van der Waals surface area (Å²) in [5.41, 5.74) is 3.20. The summed E-state index contributed by atoms with van der Waals surface area (Å²) < 4.78 is 0. The van der Waals surface area contributed by atoms with Crippen molar-refractivity contribution in [1.82, 2.24) is 5.32 Å². The Morgan fingerprint density at radius 1 is 1.29 bits per heavy atom. The van der Waals surface area contributed by atoms with Gasteiger partial charge in [-0.2, -0.15) is 0 Å².